The summed E-state index contributed by atoms with van der Waals surface area (Å²) in [4.78, 5) is 4.34. The summed E-state index contributed by atoms with van der Waals surface area (Å²) in [5.74, 6) is 0. The van der Waals surface area contributed by atoms with Gasteiger partial charge in [-0.15, -0.1) is 0 Å². The van der Waals surface area contributed by atoms with E-state index >= 15 is 0 Å². The number of hydrogen-bond acceptors (Lipinski definition) is 3. The zero-order valence-electron chi connectivity index (χ0n) is 10.3. The normalized spacial score (nSPS) is 10.6. The fourth-order valence-corrected chi connectivity index (χ4v) is 1.58. The zero-order valence-corrected chi connectivity index (χ0v) is 10.3. The highest BCUT2D eigenvalue weighted by Crippen LogP contribution is 2.02. The molecule has 3 nitrogen and oxygen atoms in total. The molecule has 16 heavy (non-hydrogen) atoms. The van der Waals surface area contributed by atoms with Gasteiger partial charge in [-0.2, -0.15) is 0 Å². The van der Waals surface area contributed by atoms with Crippen molar-refractivity contribution in [3.05, 3.63) is 29.6 Å². The lowest BCUT2D eigenvalue weighted by molar-refractivity contribution is 0.192. The molecule has 0 amide bonds. The van der Waals surface area contributed by atoms with Crippen LogP contribution in [-0.2, 0) is 11.3 Å². The minimum atomic E-state index is 0.872. The molecule has 1 aromatic rings. The van der Waals surface area contributed by atoms with Gasteiger partial charge in [0.05, 0.1) is 5.69 Å². The Labute approximate surface area is 98.2 Å². The average Bonchev–Trinajstić information content (AvgIpc) is 2.30. The van der Waals surface area contributed by atoms with Crippen molar-refractivity contribution in [3.63, 3.8) is 0 Å². The minimum Gasteiger partial charge on any atom is -0.385 e. The van der Waals surface area contributed by atoms with Gasteiger partial charge in [0.2, 0.25) is 0 Å². The van der Waals surface area contributed by atoms with E-state index in [2.05, 4.69) is 23.3 Å². The second-order valence-corrected chi connectivity index (χ2v) is 4.00. The molecule has 1 N–H and O–H groups in total. The summed E-state index contributed by atoms with van der Waals surface area (Å²) in [5, 5.41) is 3.42. The number of aromatic nitrogens is 1. The molecule has 0 saturated heterocycles. The van der Waals surface area contributed by atoms with E-state index in [0.717, 1.165) is 31.8 Å². The van der Waals surface area contributed by atoms with Crippen LogP contribution in [0.4, 0.5) is 0 Å². The molecule has 0 radical (unpaired) electrons. The zero-order chi connectivity index (χ0) is 11.6. The Morgan fingerprint density at radius 1 is 1.31 bits per heavy atom. The van der Waals surface area contributed by atoms with Crippen LogP contribution in [0.3, 0.4) is 0 Å². The van der Waals surface area contributed by atoms with Gasteiger partial charge < -0.3 is 10.1 Å². The van der Waals surface area contributed by atoms with Crippen LogP contribution < -0.4 is 5.32 Å². The van der Waals surface area contributed by atoms with Gasteiger partial charge in [0, 0.05) is 26.5 Å². The summed E-state index contributed by atoms with van der Waals surface area (Å²) in [5.41, 5.74) is 2.41. The quantitative estimate of drug-likeness (QED) is 0.685. The van der Waals surface area contributed by atoms with Crippen molar-refractivity contribution in [2.75, 3.05) is 20.3 Å². The van der Waals surface area contributed by atoms with Crippen LogP contribution in [0.5, 0.6) is 0 Å². The summed E-state index contributed by atoms with van der Waals surface area (Å²) in [7, 11) is 1.75. The van der Waals surface area contributed by atoms with Crippen LogP contribution in [0, 0.1) is 6.92 Å². The van der Waals surface area contributed by atoms with Crippen molar-refractivity contribution in [1.82, 2.24) is 10.3 Å². The molecule has 0 atom stereocenters. The number of pyridine rings is 1. The van der Waals surface area contributed by atoms with Gasteiger partial charge in [0.25, 0.3) is 0 Å². The van der Waals surface area contributed by atoms with Crippen molar-refractivity contribution in [2.24, 2.45) is 0 Å². The topological polar surface area (TPSA) is 34.1 Å². The van der Waals surface area contributed by atoms with Crippen LogP contribution in [0.1, 0.15) is 30.5 Å². The maximum Gasteiger partial charge on any atom is 0.0570 e. The Kier molecular flexibility index (Phi) is 6.77. The molecule has 0 aliphatic heterocycles. The second-order valence-electron chi connectivity index (χ2n) is 4.00. The van der Waals surface area contributed by atoms with Crippen LogP contribution in [0.25, 0.3) is 0 Å². The van der Waals surface area contributed by atoms with E-state index in [1.54, 1.807) is 7.11 Å². The van der Waals surface area contributed by atoms with E-state index in [0.29, 0.717) is 0 Å². The van der Waals surface area contributed by atoms with E-state index in [9.17, 15) is 0 Å². The smallest absolute Gasteiger partial charge is 0.0570 e. The molecule has 1 heterocycles. The number of nitrogens with zero attached hydrogens (tertiary/aromatic N) is 1. The maximum atomic E-state index is 5.00. The van der Waals surface area contributed by atoms with Crippen molar-refractivity contribution >= 4 is 0 Å². The van der Waals surface area contributed by atoms with Gasteiger partial charge in [-0.05, 0) is 44.4 Å². The second kappa shape index (κ2) is 8.25. The first-order valence-electron chi connectivity index (χ1n) is 5.94. The molecule has 0 aliphatic rings. The average molecular weight is 222 g/mol. The predicted octanol–water partition coefficient (Wildman–Crippen LogP) is 2.30. The molecule has 0 aliphatic carbocycles. The fourth-order valence-electron chi connectivity index (χ4n) is 1.58. The number of hydrogen-bond donors (Lipinski definition) is 1. The molecular weight excluding hydrogens is 200 g/mol. The highest BCUT2D eigenvalue weighted by Gasteiger charge is 1.97. The Balaban J connectivity index is 2.05. The number of unbranched alkanes of at least 4 members (excludes halogenated alkanes) is 2. The van der Waals surface area contributed by atoms with Crippen LogP contribution in [-0.4, -0.2) is 25.2 Å². The minimum absolute atomic E-state index is 0.872. The molecular formula is C13H22N2O. The first kappa shape index (κ1) is 13.1. The molecule has 3 heteroatoms. The third-order valence-electron chi connectivity index (χ3n) is 2.61. The van der Waals surface area contributed by atoms with Crippen molar-refractivity contribution < 1.29 is 4.74 Å². The first-order chi connectivity index (χ1) is 7.84. The lowest BCUT2D eigenvalue weighted by Gasteiger charge is -2.06. The molecule has 0 spiro atoms. The molecule has 0 saturated carbocycles. The van der Waals surface area contributed by atoms with Crippen molar-refractivity contribution in [2.45, 2.75) is 32.7 Å². The highest BCUT2D eigenvalue weighted by atomic mass is 16.5. The van der Waals surface area contributed by atoms with Gasteiger partial charge in [-0.25, -0.2) is 0 Å². The number of ether oxygens (including phenoxy) is 1. The van der Waals surface area contributed by atoms with E-state index in [1.165, 1.54) is 18.4 Å². The van der Waals surface area contributed by atoms with Gasteiger partial charge in [-0.3, -0.25) is 4.98 Å². The third-order valence-corrected chi connectivity index (χ3v) is 2.61. The van der Waals surface area contributed by atoms with E-state index < -0.39 is 0 Å². The van der Waals surface area contributed by atoms with E-state index in [1.807, 2.05) is 12.3 Å². The summed E-state index contributed by atoms with van der Waals surface area (Å²) in [6.45, 7) is 4.90. The molecule has 0 aromatic carbocycles. The van der Waals surface area contributed by atoms with Crippen molar-refractivity contribution in [1.29, 1.82) is 0 Å². The molecule has 0 fully saturated rings. The van der Waals surface area contributed by atoms with E-state index in [-0.39, 0.29) is 0 Å². The summed E-state index contributed by atoms with van der Waals surface area (Å²) in [6.07, 6.45) is 5.43. The number of nitrogens with one attached hydrogen (secondary N) is 1. The fraction of sp³-hybridized carbons (Fsp3) is 0.615. The number of rotatable bonds is 8. The summed E-state index contributed by atoms with van der Waals surface area (Å²) >= 11 is 0. The largest absolute Gasteiger partial charge is 0.385 e. The molecule has 0 bridgehead atoms. The Hall–Kier alpha value is -0.930. The van der Waals surface area contributed by atoms with Crippen molar-refractivity contribution in [3.8, 4) is 0 Å². The lowest BCUT2D eigenvalue weighted by Crippen LogP contribution is -2.16. The molecule has 90 valence electrons. The summed E-state index contributed by atoms with van der Waals surface area (Å²) in [6, 6.07) is 4.08. The van der Waals surface area contributed by atoms with E-state index in [4.69, 9.17) is 4.74 Å². The van der Waals surface area contributed by atoms with Gasteiger partial charge in [-0.1, -0.05) is 6.07 Å². The standard InChI is InChI=1S/C13H22N2O/c1-12-7-6-9-15-13(12)11-14-8-4-3-5-10-16-2/h6-7,9,14H,3-5,8,10-11H2,1-2H3. The SMILES string of the molecule is COCCCCCNCc1ncccc1C. The van der Waals surface area contributed by atoms with Gasteiger partial charge in [0.1, 0.15) is 0 Å². The molecule has 1 rings (SSSR count). The van der Waals surface area contributed by atoms with Crippen LogP contribution in [0.15, 0.2) is 18.3 Å². The Bertz CT molecular complexity index is 289. The third kappa shape index (κ3) is 5.24. The first-order valence-corrected chi connectivity index (χ1v) is 5.94. The van der Waals surface area contributed by atoms with Gasteiger partial charge in [0.15, 0.2) is 0 Å². The Morgan fingerprint density at radius 2 is 2.19 bits per heavy atom. The molecule has 0 unspecified atom stereocenters. The van der Waals surface area contributed by atoms with Gasteiger partial charge >= 0.3 is 0 Å². The van der Waals surface area contributed by atoms with Crippen LogP contribution >= 0.6 is 0 Å². The highest BCUT2D eigenvalue weighted by molar-refractivity contribution is 5.17. The maximum absolute atomic E-state index is 5.00. The monoisotopic (exact) mass is 222 g/mol. The van der Waals surface area contributed by atoms with Crippen LogP contribution in [0.2, 0.25) is 0 Å². The lowest BCUT2D eigenvalue weighted by atomic mass is 10.2. The number of aryl methyl sites for hydroxylation is 1. The summed E-state index contributed by atoms with van der Waals surface area (Å²) < 4.78 is 5.00. The Morgan fingerprint density at radius 3 is 2.94 bits per heavy atom. The predicted molar refractivity (Wildman–Crippen MR) is 66.4 cm³/mol. The molecule has 1 aromatic heterocycles. The number of methoxy groups -OCH3 is 1.